The van der Waals surface area contributed by atoms with Crippen LogP contribution in [-0.2, 0) is 19.1 Å². The molecule has 1 aromatic rings. The van der Waals surface area contributed by atoms with Gasteiger partial charge in [0.05, 0.1) is 30.8 Å². The van der Waals surface area contributed by atoms with Crippen LogP contribution in [0.5, 0.6) is 0 Å². The van der Waals surface area contributed by atoms with Gasteiger partial charge < -0.3 is 19.7 Å². The van der Waals surface area contributed by atoms with E-state index < -0.39 is 30.3 Å². The SMILES string of the molecule is C=C(CC(=O)O)C(=O)O.CCCCC(CC)COC(=O)c1ccccc1C(=O)OCC(CC)CCCC. The summed E-state index contributed by atoms with van der Waals surface area (Å²) in [6.07, 6.45) is 8.10. The molecule has 0 saturated carbocycles. The lowest BCUT2D eigenvalue weighted by atomic mass is 10.0. The van der Waals surface area contributed by atoms with Crippen molar-refractivity contribution in [2.45, 2.75) is 85.5 Å². The van der Waals surface area contributed by atoms with Crippen molar-refractivity contribution in [2.75, 3.05) is 13.2 Å². The van der Waals surface area contributed by atoms with Gasteiger partial charge in [0.15, 0.2) is 0 Å². The number of benzene rings is 1. The van der Waals surface area contributed by atoms with Crippen LogP contribution in [0.2, 0.25) is 0 Å². The third kappa shape index (κ3) is 14.9. The smallest absolute Gasteiger partial charge is 0.339 e. The highest BCUT2D eigenvalue weighted by atomic mass is 16.5. The first-order valence-electron chi connectivity index (χ1n) is 13.2. The predicted octanol–water partition coefficient (Wildman–Crippen LogP) is 6.53. The number of rotatable bonds is 17. The molecule has 0 aliphatic rings. The second kappa shape index (κ2) is 20.0. The lowest BCUT2D eigenvalue weighted by molar-refractivity contribution is -0.139. The second-order valence-electron chi connectivity index (χ2n) is 9.05. The quantitative estimate of drug-likeness (QED) is 0.175. The molecule has 0 heterocycles. The van der Waals surface area contributed by atoms with Gasteiger partial charge in [-0.1, -0.05) is 84.9 Å². The van der Waals surface area contributed by atoms with Crippen LogP contribution >= 0.6 is 0 Å². The van der Waals surface area contributed by atoms with Crippen molar-refractivity contribution in [3.8, 4) is 0 Å². The van der Waals surface area contributed by atoms with E-state index in [0.29, 0.717) is 36.2 Å². The molecule has 0 aliphatic carbocycles. The standard InChI is InChI=1S/C24H38O4.C5H6O4/c1-5-9-13-19(7-3)17-27-23(25)21-15-11-12-16-22(21)24(26)28-18-20(8-4)14-10-6-2;1-3(5(8)9)2-4(6)7/h11-12,15-16,19-20H,5-10,13-14,17-18H2,1-4H3;1-2H2,(H,6,7)(H,8,9). The Bertz CT molecular complexity index is 810. The van der Waals surface area contributed by atoms with Gasteiger partial charge in [0, 0.05) is 5.57 Å². The number of hydrogen-bond donors (Lipinski definition) is 2. The normalized spacial score (nSPS) is 11.9. The van der Waals surface area contributed by atoms with E-state index in [9.17, 15) is 19.2 Å². The number of carboxylic acids is 2. The molecule has 1 aromatic carbocycles. The van der Waals surface area contributed by atoms with Crippen LogP contribution in [0, 0.1) is 11.8 Å². The van der Waals surface area contributed by atoms with Crippen molar-refractivity contribution in [1.29, 1.82) is 0 Å². The minimum Gasteiger partial charge on any atom is -0.481 e. The molecule has 0 radical (unpaired) electrons. The number of unbranched alkanes of at least 4 members (excludes halogenated alkanes) is 2. The molecule has 2 unspecified atom stereocenters. The second-order valence-corrected chi connectivity index (χ2v) is 9.05. The minimum atomic E-state index is -1.27. The fraction of sp³-hybridized carbons (Fsp3) is 0.586. The van der Waals surface area contributed by atoms with E-state index in [-0.39, 0.29) is 5.57 Å². The zero-order valence-electron chi connectivity index (χ0n) is 22.8. The summed E-state index contributed by atoms with van der Waals surface area (Å²) in [5, 5.41) is 16.1. The molecule has 37 heavy (non-hydrogen) atoms. The van der Waals surface area contributed by atoms with Crippen LogP contribution in [0.4, 0.5) is 0 Å². The molecule has 8 heteroatoms. The minimum absolute atomic E-state index is 0.291. The van der Waals surface area contributed by atoms with Crippen LogP contribution in [0.3, 0.4) is 0 Å². The number of ether oxygens (including phenoxy) is 2. The Morgan fingerprint density at radius 3 is 1.46 bits per heavy atom. The topological polar surface area (TPSA) is 127 Å². The van der Waals surface area contributed by atoms with Gasteiger partial charge in [-0.25, -0.2) is 14.4 Å². The number of hydrogen-bond acceptors (Lipinski definition) is 6. The molecule has 0 fully saturated rings. The molecule has 0 aromatic heterocycles. The zero-order chi connectivity index (χ0) is 28.2. The summed E-state index contributed by atoms with van der Waals surface area (Å²) in [7, 11) is 0. The summed E-state index contributed by atoms with van der Waals surface area (Å²) >= 11 is 0. The summed E-state index contributed by atoms with van der Waals surface area (Å²) in [5.41, 5.74) is 0.279. The number of aliphatic carboxylic acids is 2. The molecule has 8 nitrogen and oxygen atoms in total. The highest BCUT2D eigenvalue weighted by Crippen LogP contribution is 2.18. The Morgan fingerprint density at radius 1 is 0.784 bits per heavy atom. The Kier molecular flexibility index (Phi) is 18.3. The van der Waals surface area contributed by atoms with Gasteiger partial charge in [0.1, 0.15) is 0 Å². The van der Waals surface area contributed by atoms with E-state index in [2.05, 4.69) is 34.3 Å². The average Bonchev–Trinajstić information content (AvgIpc) is 2.88. The fourth-order valence-electron chi connectivity index (χ4n) is 3.44. The van der Waals surface area contributed by atoms with E-state index in [0.717, 1.165) is 51.4 Å². The predicted molar refractivity (Wildman–Crippen MR) is 143 cm³/mol. The van der Waals surface area contributed by atoms with E-state index in [1.807, 2.05) is 0 Å². The third-order valence-electron chi connectivity index (χ3n) is 6.02. The van der Waals surface area contributed by atoms with Gasteiger partial charge in [0.2, 0.25) is 0 Å². The van der Waals surface area contributed by atoms with Gasteiger partial charge in [-0.05, 0) is 36.8 Å². The molecule has 1 rings (SSSR count). The third-order valence-corrected chi connectivity index (χ3v) is 6.02. The summed E-state index contributed by atoms with van der Waals surface area (Å²) in [6.45, 7) is 12.4. The molecule has 0 bridgehead atoms. The van der Waals surface area contributed by atoms with E-state index in [1.54, 1.807) is 24.3 Å². The molecule has 2 atom stereocenters. The Balaban J connectivity index is 0.00000122. The maximum absolute atomic E-state index is 12.6. The fourth-order valence-corrected chi connectivity index (χ4v) is 3.44. The maximum Gasteiger partial charge on any atom is 0.339 e. The first-order valence-corrected chi connectivity index (χ1v) is 13.2. The molecule has 0 saturated heterocycles. The molecule has 0 amide bonds. The van der Waals surface area contributed by atoms with Crippen LogP contribution in [0.15, 0.2) is 36.4 Å². The van der Waals surface area contributed by atoms with Crippen LogP contribution < -0.4 is 0 Å². The summed E-state index contributed by atoms with van der Waals surface area (Å²) in [5.74, 6) is -2.60. The van der Waals surface area contributed by atoms with Gasteiger partial charge in [-0.3, -0.25) is 4.79 Å². The van der Waals surface area contributed by atoms with Crippen LogP contribution in [0.25, 0.3) is 0 Å². The van der Waals surface area contributed by atoms with E-state index in [1.165, 1.54) is 0 Å². The Hall–Kier alpha value is -3.16. The largest absolute Gasteiger partial charge is 0.481 e. The van der Waals surface area contributed by atoms with Crippen molar-refractivity contribution in [3.63, 3.8) is 0 Å². The molecule has 0 spiro atoms. The first-order chi connectivity index (χ1) is 17.6. The monoisotopic (exact) mass is 520 g/mol. The number of carbonyl (C=O) groups is 4. The van der Waals surface area contributed by atoms with Crippen LogP contribution in [-0.4, -0.2) is 47.3 Å². The number of carbonyl (C=O) groups excluding carboxylic acids is 2. The highest BCUT2D eigenvalue weighted by Gasteiger charge is 2.21. The van der Waals surface area contributed by atoms with Crippen LogP contribution in [0.1, 0.15) is 106 Å². The maximum atomic E-state index is 12.6. The number of carboxylic acid groups (broad SMARTS) is 2. The van der Waals surface area contributed by atoms with Crippen molar-refractivity contribution in [2.24, 2.45) is 11.8 Å². The van der Waals surface area contributed by atoms with Gasteiger partial charge in [0.25, 0.3) is 0 Å². The van der Waals surface area contributed by atoms with Gasteiger partial charge in [-0.15, -0.1) is 0 Å². The molecular formula is C29H44O8. The molecule has 0 aliphatic heterocycles. The van der Waals surface area contributed by atoms with Crippen molar-refractivity contribution in [1.82, 2.24) is 0 Å². The average molecular weight is 521 g/mol. The van der Waals surface area contributed by atoms with Gasteiger partial charge in [-0.2, -0.15) is 0 Å². The molecule has 2 N–H and O–H groups in total. The lowest BCUT2D eigenvalue weighted by Crippen LogP contribution is -2.19. The lowest BCUT2D eigenvalue weighted by Gasteiger charge is -2.17. The highest BCUT2D eigenvalue weighted by molar-refractivity contribution is 6.03. The summed E-state index contributed by atoms with van der Waals surface area (Å²) in [4.78, 5) is 44.8. The van der Waals surface area contributed by atoms with Crippen molar-refractivity contribution in [3.05, 3.63) is 47.5 Å². The molecule has 208 valence electrons. The zero-order valence-corrected chi connectivity index (χ0v) is 22.8. The van der Waals surface area contributed by atoms with E-state index >= 15 is 0 Å². The van der Waals surface area contributed by atoms with E-state index in [4.69, 9.17) is 19.7 Å². The van der Waals surface area contributed by atoms with Crippen molar-refractivity contribution < 1.29 is 38.9 Å². The number of esters is 2. The summed E-state index contributed by atoms with van der Waals surface area (Å²) in [6, 6.07) is 6.77. The Morgan fingerprint density at radius 2 is 1.19 bits per heavy atom. The summed E-state index contributed by atoms with van der Waals surface area (Å²) < 4.78 is 11.0. The van der Waals surface area contributed by atoms with Gasteiger partial charge >= 0.3 is 23.9 Å². The van der Waals surface area contributed by atoms with Crippen molar-refractivity contribution >= 4 is 23.9 Å². The Labute approximate surface area is 221 Å². The molecular weight excluding hydrogens is 476 g/mol. The first kappa shape index (κ1) is 33.8.